The lowest BCUT2D eigenvalue weighted by atomic mass is 10.1. The predicted molar refractivity (Wildman–Crippen MR) is 75.2 cm³/mol. The molecule has 0 saturated heterocycles. The number of terminal acetylenes is 1. The minimum Gasteiger partial charge on any atom is -0.478 e. The highest BCUT2D eigenvalue weighted by atomic mass is 16.4. The first-order valence-electron chi connectivity index (χ1n) is 6.01. The van der Waals surface area contributed by atoms with Crippen molar-refractivity contribution < 1.29 is 9.90 Å². The van der Waals surface area contributed by atoms with Crippen LogP contribution in [0, 0.1) is 12.3 Å². The number of carboxylic acids is 1. The summed E-state index contributed by atoms with van der Waals surface area (Å²) in [4.78, 5) is 15.4. The standard InChI is InChI=1S/C15H14N2O2/c1-3-10(4-2)17-14-11-7-5-6-8-13(11)16-9-12(14)15(18)19/h1,5-10H,4H2,2H3,(H,16,17)(H,18,19). The van der Waals surface area contributed by atoms with Gasteiger partial charge in [0.05, 0.1) is 17.2 Å². The van der Waals surface area contributed by atoms with Gasteiger partial charge in [-0.2, -0.15) is 0 Å². The molecular weight excluding hydrogens is 240 g/mol. The van der Waals surface area contributed by atoms with E-state index >= 15 is 0 Å². The minimum atomic E-state index is -1.02. The van der Waals surface area contributed by atoms with Gasteiger partial charge >= 0.3 is 5.97 Å². The van der Waals surface area contributed by atoms with Crippen LogP contribution in [0.3, 0.4) is 0 Å². The number of fused-ring (bicyclic) bond motifs is 1. The summed E-state index contributed by atoms with van der Waals surface area (Å²) in [5, 5.41) is 13.1. The molecule has 0 radical (unpaired) electrons. The monoisotopic (exact) mass is 254 g/mol. The molecule has 1 atom stereocenters. The number of rotatable bonds is 4. The first kappa shape index (κ1) is 12.9. The fourth-order valence-electron chi connectivity index (χ4n) is 1.89. The van der Waals surface area contributed by atoms with Crippen LogP contribution < -0.4 is 5.32 Å². The van der Waals surface area contributed by atoms with Gasteiger partial charge in [0.15, 0.2) is 0 Å². The normalized spacial score (nSPS) is 11.8. The smallest absolute Gasteiger partial charge is 0.339 e. The van der Waals surface area contributed by atoms with Crippen LogP contribution in [0.1, 0.15) is 23.7 Å². The number of pyridine rings is 1. The number of hydrogen-bond acceptors (Lipinski definition) is 3. The number of carboxylic acid groups (broad SMARTS) is 1. The Morgan fingerprint density at radius 1 is 1.53 bits per heavy atom. The molecule has 1 aromatic carbocycles. The summed E-state index contributed by atoms with van der Waals surface area (Å²) in [6, 6.07) is 7.17. The second-order valence-electron chi connectivity index (χ2n) is 4.14. The lowest BCUT2D eigenvalue weighted by molar-refractivity contribution is 0.0697. The van der Waals surface area contributed by atoms with E-state index in [0.717, 1.165) is 10.9 Å². The van der Waals surface area contributed by atoms with Crippen LogP contribution >= 0.6 is 0 Å². The van der Waals surface area contributed by atoms with Crippen molar-refractivity contribution in [3.8, 4) is 12.3 Å². The minimum absolute atomic E-state index is 0.132. The van der Waals surface area contributed by atoms with E-state index in [4.69, 9.17) is 6.42 Å². The summed E-state index contributed by atoms with van der Waals surface area (Å²) in [6.45, 7) is 1.95. The van der Waals surface area contributed by atoms with Gasteiger partial charge < -0.3 is 10.4 Å². The van der Waals surface area contributed by atoms with Crippen molar-refractivity contribution in [2.45, 2.75) is 19.4 Å². The summed E-state index contributed by atoms with van der Waals surface area (Å²) >= 11 is 0. The van der Waals surface area contributed by atoms with Crippen LogP contribution in [0.5, 0.6) is 0 Å². The maximum atomic E-state index is 11.3. The van der Waals surface area contributed by atoms with E-state index in [9.17, 15) is 9.90 Å². The summed E-state index contributed by atoms with van der Waals surface area (Å²) < 4.78 is 0. The molecule has 0 spiro atoms. The topological polar surface area (TPSA) is 62.2 Å². The molecule has 4 heteroatoms. The summed E-state index contributed by atoms with van der Waals surface area (Å²) in [5.41, 5.74) is 1.40. The van der Waals surface area contributed by atoms with Crippen molar-refractivity contribution in [3.63, 3.8) is 0 Å². The molecule has 0 saturated carbocycles. The number of aromatic nitrogens is 1. The third kappa shape index (κ3) is 2.50. The Bertz CT molecular complexity index is 659. The molecule has 96 valence electrons. The van der Waals surface area contributed by atoms with Crippen molar-refractivity contribution in [1.29, 1.82) is 0 Å². The summed E-state index contributed by atoms with van der Waals surface area (Å²) in [5.74, 6) is 1.59. The zero-order valence-corrected chi connectivity index (χ0v) is 10.6. The molecule has 1 heterocycles. The van der Waals surface area contributed by atoms with Crippen molar-refractivity contribution in [1.82, 2.24) is 4.98 Å². The molecule has 2 aromatic rings. The second-order valence-corrected chi connectivity index (χ2v) is 4.14. The van der Waals surface area contributed by atoms with Crippen LogP contribution in [0.25, 0.3) is 10.9 Å². The van der Waals surface area contributed by atoms with E-state index in [-0.39, 0.29) is 11.6 Å². The van der Waals surface area contributed by atoms with E-state index in [1.54, 1.807) is 0 Å². The molecule has 0 aliphatic heterocycles. The maximum Gasteiger partial charge on any atom is 0.339 e. The Labute approximate surface area is 111 Å². The number of para-hydroxylation sites is 1. The van der Waals surface area contributed by atoms with Crippen molar-refractivity contribution in [3.05, 3.63) is 36.0 Å². The van der Waals surface area contributed by atoms with Gasteiger partial charge in [-0.05, 0) is 12.5 Å². The number of nitrogens with zero attached hydrogens (tertiary/aromatic N) is 1. The molecule has 0 aliphatic carbocycles. The second kappa shape index (κ2) is 5.40. The van der Waals surface area contributed by atoms with Crippen molar-refractivity contribution in [2.24, 2.45) is 0 Å². The highest BCUT2D eigenvalue weighted by molar-refractivity contribution is 6.04. The molecule has 0 aliphatic rings. The summed E-state index contributed by atoms with van der Waals surface area (Å²) in [7, 11) is 0. The number of hydrogen-bond donors (Lipinski definition) is 2. The molecule has 2 rings (SSSR count). The highest BCUT2D eigenvalue weighted by Crippen LogP contribution is 2.26. The average Bonchev–Trinajstić information content (AvgIpc) is 2.44. The van der Waals surface area contributed by atoms with Crippen molar-refractivity contribution >= 4 is 22.6 Å². The first-order valence-corrected chi connectivity index (χ1v) is 6.01. The quantitative estimate of drug-likeness (QED) is 0.823. The molecule has 0 amide bonds. The average molecular weight is 254 g/mol. The Kier molecular flexibility index (Phi) is 3.67. The van der Waals surface area contributed by atoms with Gasteiger partial charge in [-0.25, -0.2) is 4.79 Å². The zero-order chi connectivity index (χ0) is 13.8. The van der Waals surface area contributed by atoms with Gasteiger partial charge in [0.25, 0.3) is 0 Å². The van der Waals surface area contributed by atoms with Crippen LogP contribution in [0.2, 0.25) is 0 Å². The van der Waals surface area contributed by atoms with Crippen LogP contribution in [0.15, 0.2) is 30.5 Å². The largest absolute Gasteiger partial charge is 0.478 e. The Hall–Kier alpha value is -2.54. The van der Waals surface area contributed by atoms with Crippen LogP contribution in [-0.2, 0) is 0 Å². The molecule has 2 N–H and O–H groups in total. The number of anilines is 1. The SMILES string of the molecule is C#CC(CC)Nc1c(C(=O)O)cnc2ccccc12. The van der Waals surface area contributed by atoms with Gasteiger partial charge in [0.1, 0.15) is 5.56 Å². The van der Waals surface area contributed by atoms with E-state index in [1.807, 2.05) is 31.2 Å². The molecule has 1 aromatic heterocycles. The maximum absolute atomic E-state index is 11.3. The Balaban J connectivity index is 2.62. The zero-order valence-electron chi connectivity index (χ0n) is 10.6. The number of carbonyl (C=O) groups is 1. The fraction of sp³-hybridized carbons (Fsp3) is 0.200. The molecule has 0 fully saturated rings. The number of benzene rings is 1. The van der Waals surface area contributed by atoms with Gasteiger partial charge in [-0.1, -0.05) is 31.0 Å². The van der Waals surface area contributed by atoms with Gasteiger partial charge in [-0.15, -0.1) is 6.42 Å². The van der Waals surface area contributed by atoms with Gasteiger partial charge in [-0.3, -0.25) is 4.98 Å². The third-order valence-electron chi connectivity index (χ3n) is 2.93. The lowest BCUT2D eigenvalue weighted by Crippen LogP contribution is -2.18. The summed E-state index contributed by atoms with van der Waals surface area (Å²) in [6.07, 6.45) is 7.50. The van der Waals surface area contributed by atoms with Gasteiger partial charge in [0.2, 0.25) is 0 Å². The number of nitrogens with one attached hydrogen (secondary N) is 1. The van der Waals surface area contributed by atoms with E-state index in [2.05, 4.69) is 16.2 Å². The van der Waals surface area contributed by atoms with Crippen molar-refractivity contribution in [2.75, 3.05) is 5.32 Å². The fourth-order valence-corrected chi connectivity index (χ4v) is 1.89. The lowest BCUT2D eigenvalue weighted by Gasteiger charge is -2.16. The molecule has 4 nitrogen and oxygen atoms in total. The molecule has 0 bridgehead atoms. The molecule has 1 unspecified atom stereocenters. The van der Waals surface area contributed by atoms with Crippen LogP contribution in [-0.4, -0.2) is 22.1 Å². The highest BCUT2D eigenvalue weighted by Gasteiger charge is 2.16. The number of aromatic carboxylic acids is 1. The Morgan fingerprint density at radius 2 is 2.26 bits per heavy atom. The van der Waals surface area contributed by atoms with E-state index < -0.39 is 5.97 Å². The van der Waals surface area contributed by atoms with E-state index in [0.29, 0.717) is 12.1 Å². The first-order chi connectivity index (χ1) is 9.17. The molecule has 19 heavy (non-hydrogen) atoms. The third-order valence-corrected chi connectivity index (χ3v) is 2.93. The predicted octanol–water partition coefficient (Wildman–Crippen LogP) is 2.76. The Morgan fingerprint density at radius 3 is 2.89 bits per heavy atom. The van der Waals surface area contributed by atoms with Gasteiger partial charge in [0, 0.05) is 11.6 Å². The van der Waals surface area contributed by atoms with E-state index in [1.165, 1.54) is 6.20 Å². The molecular formula is C15H14N2O2. The van der Waals surface area contributed by atoms with Crippen LogP contribution in [0.4, 0.5) is 5.69 Å².